The number of hydrogen-bond acceptors (Lipinski definition) is 5. The third-order valence-electron chi connectivity index (χ3n) is 3.22. The quantitative estimate of drug-likeness (QED) is 0.655. The number of carbonyl (C=O) groups excluding carboxylic acids is 1. The van der Waals surface area contributed by atoms with Crippen LogP contribution in [0.5, 0.6) is 0 Å². The fourth-order valence-electron chi connectivity index (χ4n) is 1.88. The monoisotopic (exact) mass is 393 g/mol. The Labute approximate surface area is 147 Å². The molecule has 1 aromatic carbocycles. The molecule has 136 valence electrons. The molecule has 0 aliphatic heterocycles. The number of thiazole rings is 1. The molecule has 0 aliphatic rings. The topological polar surface area (TPSA) is 91.3 Å². The average molecular weight is 393 g/mol. The number of alkyl halides is 3. The van der Waals surface area contributed by atoms with Crippen molar-refractivity contribution in [2.45, 2.75) is 19.0 Å². The molecule has 0 bridgehead atoms. The van der Waals surface area contributed by atoms with Gasteiger partial charge in [0.2, 0.25) is 5.91 Å². The largest absolute Gasteiger partial charge is 0.434 e. The van der Waals surface area contributed by atoms with Gasteiger partial charge in [0.05, 0.1) is 5.92 Å². The Morgan fingerprint density at radius 1 is 1.36 bits per heavy atom. The van der Waals surface area contributed by atoms with Gasteiger partial charge in [-0.05, 0) is 24.6 Å². The fourth-order valence-corrected chi connectivity index (χ4v) is 2.88. The van der Waals surface area contributed by atoms with Gasteiger partial charge >= 0.3 is 6.18 Å². The van der Waals surface area contributed by atoms with Crippen LogP contribution >= 0.6 is 11.3 Å². The van der Waals surface area contributed by atoms with Gasteiger partial charge in [-0.1, -0.05) is 12.1 Å². The van der Waals surface area contributed by atoms with Crippen molar-refractivity contribution in [3.8, 4) is 0 Å². The Bertz CT molecular complexity index is 763. The van der Waals surface area contributed by atoms with Gasteiger partial charge in [-0.25, -0.2) is 9.19 Å². The summed E-state index contributed by atoms with van der Waals surface area (Å²) in [5.74, 6) is -1.30. The van der Waals surface area contributed by atoms with E-state index in [-0.39, 0.29) is 11.0 Å². The van der Waals surface area contributed by atoms with E-state index < -0.39 is 34.8 Å². The van der Waals surface area contributed by atoms with Crippen LogP contribution in [0.4, 0.5) is 24.0 Å². The van der Waals surface area contributed by atoms with E-state index in [9.17, 15) is 22.2 Å². The van der Waals surface area contributed by atoms with Gasteiger partial charge in [0.25, 0.3) is 0 Å². The van der Waals surface area contributed by atoms with Crippen molar-refractivity contribution in [1.29, 1.82) is 0 Å². The third-order valence-corrected chi connectivity index (χ3v) is 4.37. The number of aromatic nitrogens is 1. The first-order valence-electron chi connectivity index (χ1n) is 6.91. The maximum atomic E-state index is 12.5. The minimum atomic E-state index is -4.48. The first kappa shape index (κ1) is 19.3. The molecule has 1 heterocycles. The lowest BCUT2D eigenvalue weighted by Gasteiger charge is -2.12. The molecule has 3 N–H and O–H groups in total. The molecular weight excluding hydrogens is 379 g/mol. The van der Waals surface area contributed by atoms with Gasteiger partial charge in [0.15, 0.2) is 21.9 Å². The lowest BCUT2D eigenvalue weighted by molar-refractivity contribution is -0.140. The number of amides is 1. The highest BCUT2D eigenvalue weighted by Crippen LogP contribution is 2.32. The van der Waals surface area contributed by atoms with E-state index in [1.807, 2.05) is 0 Å². The molecule has 0 spiro atoms. The summed E-state index contributed by atoms with van der Waals surface area (Å²) in [6.07, 6.45) is -4.48. The summed E-state index contributed by atoms with van der Waals surface area (Å²) in [6, 6.07) is 6.50. The number of nitrogens with zero attached hydrogens (tertiary/aromatic N) is 1. The average Bonchev–Trinajstić information content (AvgIpc) is 3.01. The number of rotatable bonds is 6. The van der Waals surface area contributed by atoms with Crippen molar-refractivity contribution in [3.63, 3.8) is 0 Å². The maximum Gasteiger partial charge on any atom is 0.434 e. The van der Waals surface area contributed by atoms with Crippen LogP contribution in [-0.2, 0) is 22.1 Å². The number of halogens is 3. The molecule has 0 saturated carbocycles. The van der Waals surface area contributed by atoms with E-state index in [2.05, 4.69) is 15.6 Å². The summed E-state index contributed by atoms with van der Waals surface area (Å²) in [5, 5.41) is 6.13. The predicted octanol–water partition coefficient (Wildman–Crippen LogP) is 3.30. The van der Waals surface area contributed by atoms with Crippen LogP contribution in [0.25, 0.3) is 0 Å². The summed E-state index contributed by atoms with van der Waals surface area (Å²) < 4.78 is 56.8. The molecule has 2 atom stereocenters. The molecular formula is C14H14F3N3O3S2. The van der Waals surface area contributed by atoms with Crippen LogP contribution < -0.4 is 10.6 Å². The summed E-state index contributed by atoms with van der Waals surface area (Å²) in [7, 11) is 0. The number of hydrogen-bond donors (Lipinski definition) is 3. The van der Waals surface area contributed by atoms with Crippen LogP contribution in [0.1, 0.15) is 24.1 Å². The SMILES string of the molecule is CC(C(=O)NCS(=O)O)c1ccc(Nc2nc(C(F)(F)F)cs2)cc1. The van der Waals surface area contributed by atoms with Gasteiger partial charge in [-0.3, -0.25) is 4.79 Å². The van der Waals surface area contributed by atoms with E-state index in [4.69, 9.17) is 4.55 Å². The second-order valence-corrected chi connectivity index (χ2v) is 6.80. The third kappa shape index (κ3) is 5.51. The molecule has 6 nitrogen and oxygen atoms in total. The highest BCUT2D eigenvalue weighted by molar-refractivity contribution is 7.79. The second kappa shape index (κ2) is 7.93. The summed E-state index contributed by atoms with van der Waals surface area (Å²) in [4.78, 5) is 15.3. The van der Waals surface area contributed by atoms with E-state index in [1.165, 1.54) is 0 Å². The fraction of sp³-hybridized carbons (Fsp3) is 0.286. The Morgan fingerprint density at radius 2 is 2.00 bits per heavy atom. The van der Waals surface area contributed by atoms with Crippen LogP contribution in [-0.4, -0.2) is 25.5 Å². The van der Waals surface area contributed by atoms with Crippen LogP contribution in [0, 0.1) is 0 Å². The van der Waals surface area contributed by atoms with Crippen molar-refractivity contribution < 1.29 is 26.7 Å². The number of benzene rings is 1. The van der Waals surface area contributed by atoms with Crippen molar-refractivity contribution >= 4 is 39.1 Å². The molecule has 0 saturated heterocycles. The first-order valence-corrected chi connectivity index (χ1v) is 9.07. The molecule has 0 aliphatic carbocycles. The molecule has 2 aromatic rings. The van der Waals surface area contributed by atoms with E-state index in [0.717, 1.165) is 16.7 Å². The first-order chi connectivity index (χ1) is 11.7. The molecule has 25 heavy (non-hydrogen) atoms. The zero-order valence-corrected chi connectivity index (χ0v) is 14.5. The number of carbonyl (C=O) groups is 1. The Hall–Kier alpha value is -1.98. The van der Waals surface area contributed by atoms with E-state index >= 15 is 0 Å². The normalized spacial score (nSPS) is 14.0. The van der Waals surface area contributed by atoms with Crippen LogP contribution in [0.2, 0.25) is 0 Å². The van der Waals surface area contributed by atoms with Gasteiger partial charge < -0.3 is 15.2 Å². The summed E-state index contributed by atoms with van der Waals surface area (Å²) >= 11 is -1.28. The smallest absolute Gasteiger partial charge is 0.342 e. The van der Waals surface area contributed by atoms with Crippen LogP contribution in [0.3, 0.4) is 0 Å². The Kier molecular flexibility index (Phi) is 6.14. The van der Waals surface area contributed by atoms with Gasteiger partial charge in [-0.2, -0.15) is 13.2 Å². The van der Waals surface area contributed by atoms with Crippen molar-refractivity contribution in [2.24, 2.45) is 0 Å². The second-order valence-electron chi connectivity index (χ2n) is 5.01. The minimum Gasteiger partial charge on any atom is -0.342 e. The molecule has 1 aromatic heterocycles. The summed E-state index contributed by atoms with van der Waals surface area (Å²) in [6.45, 7) is 1.63. The molecule has 2 rings (SSSR count). The molecule has 2 unspecified atom stereocenters. The van der Waals surface area contributed by atoms with E-state index in [1.54, 1.807) is 31.2 Å². The molecule has 1 amide bonds. The van der Waals surface area contributed by atoms with Crippen LogP contribution in [0.15, 0.2) is 29.6 Å². The molecule has 0 fully saturated rings. The van der Waals surface area contributed by atoms with Gasteiger partial charge in [-0.15, -0.1) is 11.3 Å². The molecule has 0 radical (unpaired) electrons. The zero-order valence-electron chi connectivity index (χ0n) is 12.8. The van der Waals surface area contributed by atoms with Gasteiger partial charge in [0.1, 0.15) is 5.88 Å². The Morgan fingerprint density at radius 3 is 2.52 bits per heavy atom. The number of anilines is 2. The van der Waals surface area contributed by atoms with Gasteiger partial charge in [0, 0.05) is 11.1 Å². The lowest BCUT2D eigenvalue weighted by atomic mass is 10.0. The predicted molar refractivity (Wildman–Crippen MR) is 89.0 cm³/mol. The highest BCUT2D eigenvalue weighted by Gasteiger charge is 2.33. The van der Waals surface area contributed by atoms with Crippen molar-refractivity contribution in [3.05, 3.63) is 40.9 Å². The summed E-state index contributed by atoms with van der Waals surface area (Å²) in [5.41, 5.74) is 0.223. The zero-order chi connectivity index (χ0) is 18.6. The molecule has 11 heteroatoms. The minimum absolute atomic E-state index is 0.108. The standard InChI is InChI=1S/C14H14F3N3O3S2/c1-8(12(21)18-7-25(22)23)9-2-4-10(5-3-9)19-13-20-11(6-24-13)14(15,16)17/h2-6,8H,7H2,1H3,(H,18,21)(H,19,20)(H,22,23). The Balaban J connectivity index is 2.01. The van der Waals surface area contributed by atoms with Crippen molar-refractivity contribution in [2.75, 3.05) is 11.2 Å². The maximum absolute atomic E-state index is 12.5. The lowest BCUT2D eigenvalue weighted by Crippen LogP contribution is -2.30. The van der Waals surface area contributed by atoms with E-state index in [0.29, 0.717) is 11.3 Å². The van der Waals surface area contributed by atoms with Crippen molar-refractivity contribution in [1.82, 2.24) is 10.3 Å². The number of nitrogens with one attached hydrogen (secondary N) is 2. The highest BCUT2D eigenvalue weighted by atomic mass is 32.2.